The van der Waals surface area contributed by atoms with Crippen LogP contribution in [0.1, 0.15) is 53.4 Å². The molecule has 0 heterocycles. The summed E-state index contributed by atoms with van der Waals surface area (Å²) in [4.78, 5) is 0. The Morgan fingerprint density at radius 1 is 1.14 bits per heavy atom. The maximum absolute atomic E-state index is 9.08. The molecule has 0 aromatic heterocycles. The molecular weight excluding hydrogens is 172 g/mol. The van der Waals surface area contributed by atoms with E-state index in [4.69, 9.17) is 5.11 Å². The van der Waals surface area contributed by atoms with E-state index in [0.717, 1.165) is 25.7 Å². The van der Waals surface area contributed by atoms with Crippen LogP contribution >= 0.6 is 0 Å². The molecule has 82 valence electrons. The van der Waals surface area contributed by atoms with E-state index >= 15 is 0 Å². The van der Waals surface area contributed by atoms with E-state index in [9.17, 15) is 0 Å². The van der Waals surface area contributed by atoms with Gasteiger partial charge in [0.1, 0.15) is 0 Å². The number of aliphatic hydroxyl groups excluding tert-OH is 1. The van der Waals surface area contributed by atoms with Crippen molar-refractivity contribution in [1.29, 1.82) is 0 Å². The van der Waals surface area contributed by atoms with Gasteiger partial charge in [-0.2, -0.15) is 0 Å². The molecule has 0 unspecified atom stereocenters. The Balaban J connectivity index is 3.62. The molecule has 0 saturated heterocycles. The van der Waals surface area contributed by atoms with Gasteiger partial charge in [-0.05, 0) is 53.4 Å². The lowest BCUT2D eigenvalue weighted by molar-refractivity contribution is 0.186. The SMILES string of the molecule is CC(C)=CCCC(C)=CCC[C@H](C)O. The second kappa shape index (κ2) is 7.81. The van der Waals surface area contributed by atoms with Crippen LogP contribution in [0, 0.1) is 0 Å². The van der Waals surface area contributed by atoms with E-state index in [2.05, 4.69) is 32.9 Å². The van der Waals surface area contributed by atoms with Gasteiger partial charge in [-0.25, -0.2) is 0 Å². The molecule has 1 nitrogen and oxygen atoms in total. The third kappa shape index (κ3) is 9.53. The van der Waals surface area contributed by atoms with Crippen LogP contribution in [-0.4, -0.2) is 11.2 Å². The highest BCUT2D eigenvalue weighted by Crippen LogP contribution is 2.09. The van der Waals surface area contributed by atoms with Gasteiger partial charge in [-0.15, -0.1) is 0 Å². The first kappa shape index (κ1) is 13.4. The van der Waals surface area contributed by atoms with Crippen LogP contribution in [0.5, 0.6) is 0 Å². The van der Waals surface area contributed by atoms with Crippen LogP contribution in [-0.2, 0) is 0 Å². The second-order valence-electron chi connectivity index (χ2n) is 4.30. The minimum absolute atomic E-state index is 0.170. The molecule has 1 N–H and O–H groups in total. The maximum Gasteiger partial charge on any atom is 0.0515 e. The molecule has 0 aliphatic heterocycles. The fourth-order valence-corrected chi connectivity index (χ4v) is 1.26. The zero-order valence-electron chi connectivity index (χ0n) is 10.0. The lowest BCUT2D eigenvalue weighted by Gasteiger charge is -2.02. The highest BCUT2D eigenvalue weighted by atomic mass is 16.3. The Morgan fingerprint density at radius 3 is 2.29 bits per heavy atom. The lowest BCUT2D eigenvalue weighted by Crippen LogP contribution is -1.97. The van der Waals surface area contributed by atoms with E-state index in [1.54, 1.807) is 0 Å². The summed E-state index contributed by atoms with van der Waals surface area (Å²) < 4.78 is 0. The molecule has 1 atom stereocenters. The monoisotopic (exact) mass is 196 g/mol. The Hall–Kier alpha value is -0.560. The highest BCUT2D eigenvalue weighted by molar-refractivity contribution is 5.02. The average Bonchev–Trinajstić information content (AvgIpc) is 2.02. The van der Waals surface area contributed by atoms with E-state index in [1.807, 2.05) is 6.92 Å². The summed E-state index contributed by atoms with van der Waals surface area (Å²) in [5.74, 6) is 0. The topological polar surface area (TPSA) is 20.2 Å². The molecule has 0 aromatic carbocycles. The summed E-state index contributed by atoms with van der Waals surface area (Å²) in [7, 11) is 0. The third-order valence-corrected chi connectivity index (χ3v) is 2.17. The molecule has 0 amide bonds. The number of hydrogen-bond acceptors (Lipinski definition) is 1. The van der Waals surface area contributed by atoms with E-state index in [0.29, 0.717) is 0 Å². The Bertz CT molecular complexity index is 195. The van der Waals surface area contributed by atoms with Crippen LogP contribution in [0.25, 0.3) is 0 Å². The fourth-order valence-electron chi connectivity index (χ4n) is 1.26. The highest BCUT2D eigenvalue weighted by Gasteiger charge is 1.93. The van der Waals surface area contributed by atoms with E-state index < -0.39 is 0 Å². The van der Waals surface area contributed by atoms with Gasteiger partial charge in [0.25, 0.3) is 0 Å². The van der Waals surface area contributed by atoms with Crippen molar-refractivity contribution in [3.8, 4) is 0 Å². The van der Waals surface area contributed by atoms with Crippen LogP contribution in [0.2, 0.25) is 0 Å². The summed E-state index contributed by atoms with van der Waals surface area (Å²) in [6, 6.07) is 0. The van der Waals surface area contributed by atoms with Crippen molar-refractivity contribution in [2.45, 2.75) is 59.5 Å². The zero-order chi connectivity index (χ0) is 11.0. The first-order valence-corrected chi connectivity index (χ1v) is 5.49. The van der Waals surface area contributed by atoms with Crippen LogP contribution in [0.4, 0.5) is 0 Å². The van der Waals surface area contributed by atoms with Crippen LogP contribution in [0.3, 0.4) is 0 Å². The Kier molecular flexibility index (Phi) is 7.50. The van der Waals surface area contributed by atoms with E-state index in [1.165, 1.54) is 11.1 Å². The molecule has 0 aliphatic rings. The number of rotatable bonds is 6. The molecule has 0 saturated carbocycles. The van der Waals surface area contributed by atoms with Gasteiger partial charge in [-0.1, -0.05) is 23.3 Å². The van der Waals surface area contributed by atoms with Gasteiger partial charge >= 0.3 is 0 Å². The molecule has 0 bridgehead atoms. The molecule has 0 fully saturated rings. The molecule has 1 heteroatoms. The molecule has 14 heavy (non-hydrogen) atoms. The summed E-state index contributed by atoms with van der Waals surface area (Å²) >= 11 is 0. The van der Waals surface area contributed by atoms with Crippen molar-refractivity contribution >= 4 is 0 Å². The fraction of sp³-hybridized carbons (Fsp3) is 0.692. The molecule has 0 spiro atoms. The third-order valence-electron chi connectivity index (χ3n) is 2.17. The van der Waals surface area contributed by atoms with Crippen molar-refractivity contribution in [2.24, 2.45) is 0 Å². The Morgan fingerprint density at radius 2 is 1.79 bits per heavy atom. The summed E-state index contributed by atoms with van der Waals surface area (Å²) in [5.41, 5.74) is 2.82. The molecule has 0 aromatic rings. The first-order valence-electron chi connectivity index (χ1n) is 5.49. The lowest BCUT2D eigenvalue weighted by atomic mass is 10.1. The van der Waals surface area contributed by atoms with Gasteiger partial charge in [0.15, 0.2) is 0 Å². The number of aliphatic hydroxyl groups is 1. The van der Waals surface area contributed by atoms with Crippen molar-refractivity contribution in [3.05, 3.63) is 23.3 Å². The minimum Gasteiger partial charge on any atom is -0.393 e. The normalized spacial score (nSPS) is 13.9. The van der Waals surface area contributed by atoms with E-state index in [-0.39, 0.29) is 6.10 Å². The molecule has 0 rings (SSSR count). The van der Waals surface area contributed by atoms with Crippen molar-refractivity contribution in [1.82, 2.24) is 0 Å². The number of hydrogen-bond donors (Lipinski definition) is 1. The van der Waals surface area contributed by atoms with Gasteiger partial charge in [0.05, 0.1) is 6.10 Å². The second-order valence-corrected chi connectivity index (χ2v) is 4.30. The maximum atomic E-state index is 9.08. The summed E-state index contributed by atoms with van der Waals surface area (Å²) in [6.45, 7) is 8.27. The Labute approximate surface area is 88.5 Å². The average molecular weight is 196 g/mol. The van der Waals surface area contributed by atoms with Gasteiger partial charge in [0.2, 0.25) is 0 Å². The van der Waals surface area contributed by atoms with Crippen LogP contribution in [0.15, 0.2) is 23.3 Å². The van der Waals surface area contributed by atoms with Crippen molar-refractivity contribution in [2.75, 3.05) is 0 Å². The molecular formula is C13H24O. The first-order chi connectivity index (χ1) is 6.52. The van der Waals surface area contributed by atoms with Gasteiger partial charge in [0, 0.05) is 0 Å². The quantitative estimate of drug-likeness (QED) is 0.640. The smallest absolute Gasteiger partial charge is 0.0515 e. The standard InChI is InChI=1S/C13H24O/c1-11(2)7-5-8-12(3)9-6-10-13(4)14/h7,9,13-14H,5-6,8,10H2,1-4H3/t13-/m0/s1. The summed E-state index contributed by atoms with van der Waals surface area (Å²) in [6.07, 6.45) is 8.50. The predicted octanol–water partition coefficient (Wildman–Crippen LogP) is 3.84. The predicted molar refractivity (Wildman–Crippen MR) is 63.3 cm³/mol. The zero-order valence-corrected chi connectivity index (χ0v) is 10.0. The van der Waals surface area contributed by atoms with Crippen LogP contribution < -0.4 is 0 Å². The molecule has 0 radical (unpaired) electrons. The van der Waals surface area contributed by atoms with Gasteiger partial charge in [-0.3, -0.25) is 0 Å². The summed E-state index contributed by atoms with van der Waals surface area (Å²) in [5, 5.41) is 9.08. The minimum atomic E-state index is -0.170. The van der Waals surface area contributed by atoms with Crippen molar-refractivity contribution in [3.63, 3.8) is 0 Å². The number of allylic oxidation sites excluding steroid dienone is 4. The van der Waals surface area contributed by atoms with Crippen molar-refractivity contribution < 1.29 is 5.11 Å². The molecule has 0 aliphatic carbocycles. The largest absolute Gasteiger partial charge is 0.393 e. The van der Waals surface area contributed by atoms with Gasteiger partial charge < -0.3 is 5.11 Å².